The van der Waals surface area contributed by atoms with Crippen molar-refractivity contribution in [3.8, 4) is 11.5 Å². The van der Waals surface area contributed by atoms with Crippen LogP contribution < -0.4 is 14.8 Å². The molecule has 0 spiro atoms. The van der Waals surface area contributed by atoms with E-state index in [1.54, 1.807) is 12.1 Å². The molecule has 0 unspecified atom stereocenters. The molecular weight excluding hydrogens is 352 g/mol. The highest BCUT2D eigenvalue weighted by Gasteiger charge is 2.16. The summed E-state index contributed by atoms with van der Waals surface area (Å²) in [6, 6.07) is 3.34. The number of ether oxygens (including phenoxy) is 2. The van der Waals surface area contributed by atoms with Crippen molar-refractivity contribution in [2.24, 2.45) is 0 Å². The van der Waals surface area contributed by atoms with E-state index in [2.05, 4.69) is 10.5 Å². The van der Waals surface area contributed by atoms with Gasteiger partial charge in [0.1, 0.15) is 19.0 Å². The fraction of sp³-hybridized carbons (Fsp3) is 0.375. The van der Waals surface area contributed by atoms with Gasteiger partial charge in [0.05, 0.1) is 22.2 Å². The lowest BCUT2D eigenvalue weighted by Crippen LogP contribution is -2.17. The Morgan fingerprint density at radius 3 is 2.67 bits per heavy atom. The second-order valence-electron chi connectivity index (χ2n) is 5.32. The first-order valence-corrected chi connectivity index (χ1v) is 8.96. The number of anilines is 1. The van der Waals surface area contributed by atoms with Gasteiger partial charge in [0, 0.05) is 23.4 Å². The summed E-state index contributed by atoms with van der Waals surface area (Å²) in [4.78, 5) is 12.1. The molecule has 0 atom stereocenters. The van der Waals surface area contributed by atoms with Crippen LogP contribution in [0.25, 0.3) is 0 Å². The van der Waals surface area contributed by atoms with E-state index in [0.29, 0.717) is 46.9 Å². The largest absolute Gasteiger partial charge is 0.486 e. The molecule has 8 heteroatoms. The number of aryl methyl sites for hydroxylation is 2. The van der Waals surface area contributed by atoms with Gasteiger partial charge in [-0.2, -0.15) is 0 Å². The zero-order chi connectivity index (χ0) is 17.1. The number of aromatic nitrogens is 1. The molecule has 1 N–H and O–H groups in total. The molecule has 24 heavy (non-hydrogen) atoms. The third-order valence-electron chi connectivity index (χ3n) is 3.57. The number of rotatable bonds is 5. The Kier molecular flexibility index (Phi) is 5.20. The normalized spacial score (nSPS) is 13.0. The molecule has 1 aromatic carbocycles. The van der Waals surface area contributed by atoms with Crippen LogP contribution in [0.5, 0.6) is 11.5 Å². The van der Waals surface area contributed by atoms with Gasteiger partial charge >= 0.3 is 0 Å². The van der Waals surface area contributed by atoms with E-state index < -0.39 is 0 Å². The first-order valence-electron chi connectivity index (χ1n) is 7.43. The highest BCUT2D eigenvalue weighted by molar-refractivity contribution is 7.99. The smallest absolute Gasteiger partial charge is 0.234 e. The Morgan fingerprint density at radius 2 is 2.00 bits per heavy atom. The number of hydrogen-bond acceptors (Lipinski definition) is 6. The quantitative estimate of drug-likeness (QED) is 0.869. The van der Waals surface area contributed by atoms with E-state index in [1.807, 2.05) is 13.8 Å². The van der Waals surface area contributed by atoms with E-state index in [0.717, 1.165) is 17.0 Å². The average molecular weight is 369 g/mol. The van der Waals surface area contributed by atoms with Crippen molar-refractivity contribution >= 4 is 35.0 Å². The Labute approximate surface area is 148 Å². The van der Waals surface area contributed by atoms with Crippen molar-refractivity contribution in [2.45, 2.75) is 19.6 Å². The van der Waals surface area contributed by atoms with Gasteiger partial charge < -0.3 is 19.3 Å². The van der Waals surface area contributed by atoms with E-state index in [9.17, 15) is 4.79 Å². The van der Waals surface area contributed by atoms with E-state index in [1.165, 1.54) is 11.8 Å². The van der Waals surface area contributed by atoms with Crippen LogP contribution in [0.4, 0.5) is 5.69 Å². The van der Waals surface area contributed by atoms with Gasteiger partial charge in [-0.1, -0.05) is 16.8 Å². The van der Waals surface area contributed by atoms with Crippen molar-refractivity contribution in [3.63, 3.8) is 0 Å². The molecule has 2 heterocycles. The number of fused-ring (bicyclic) bond motifs is 1. The number of amides is 1. The maximum absolute atomic E-state index is 12.1. The molecule has 1 amide bonds. The van der Waals surface area contributed by atoms with Crippen LogP contribution in [0, 0.1) is 13.8 Å². The number of nitrogens with zero attached hydrogens (tertiary/aromatic N) is 1. The third kappa shape index (κ3) is 3.79. The number of hydrogen-bond donors (Lipinski definition) is 1. The minimum absolute atomic E-state index is 0.134. The number of carbonyl (C=O) groups is 1. The van der Waals surface area contributed by atoms with Crippen LogP contribution in [-0.4, -0.2) is 30.0 Å². The lowest BCUT2D eigenvalue weighted by Gasteiger charge is -2.20. The van der Waals surface area contributed by atoms with Crippen LogP contribution in [0.1, 0.15) is 17.0 Å². The Bertz CT molecular complexity index is 743. The van der Waals surface area contributed by atoms with Gasteiger partial charge in [-0.3, -0.25) is 4.79 Å². The zero-order valence-corrected chi connectivity index (χ0v) is 14.9. The Hall–Kier alpha value is -1.86. The fourth-order valence-electron chi connectivity index (χ4n) is 2.30. The highest BCUT2D eigenvalue weighted by Crippen LogP contribution is 2.38. The van der Waals surface area contributed by atoms with Crippen LogP contribution >= 0.6 is 23.4 Å². The van der Waals surface area contributed by atoms with Crippen molar-refractivity contribution in [1.29, 1.82) is 0 Å². The predicted octanol–water partition coefficient (Wildman–Crippen LogP) is 3.59. The Balaban J connectivity index is 1.57. The first-order chi connectivity index (χ1) is 11.5. The van der Waals surface area contributed by atoms with Gasteiger partial charge in [0.15, 0.2) is 11.5 Å². The summed E-state index contributed by atoms with van der Waals surface area (Å²) in [5.74, 6) is 2.81. The highest BCUT2D eigenvalue weighted by atomic mass is 35.5. The van der Waals surface area contributed by atoms with Crippen molar-refractivity contribution in [2.75, 3.05) is 24.3 Å². The maximum atomic E-state index is 12.1. The minimum Gasteiger partial charge on any atom is -0.486 e. The second kappa shape index (κ2) is 7.36. The van der Waals surface area contributed by atoms with Crippen LogP contribution in [0.15, 0.2) is 16.7 Å². The molecule has 0 radical (unpaired) electrons. The number of halogens is 1. The van der Waals surface area contributed by atoms with Gasteiger partial charge in [-0.05, 0) is 13.8 Å². The molecule has 0 fully saturated rings. The molecule has 1 aromatic heterocycles. The van der Waals surface area contributed by atoms with Crippen LogP contribution in [-0.2, 0) is 10.5 Å². The number of thioether (sulfide) groups is 1. The number of carbonyl (C=O) groups excluding carboxylic acids is 1. The van der Waals surface area contributed by atoms with E-state index in [4.69, 9.17) is 25.6 Å². The van der Waals surface area contributed by atoms with E-state index in [-0.39, 0.29) is 5.91 Å². The van der Waals surface area contributed by atoms with Gasteiger partial charge in [-0.25, -0.2) is 0 Å². The molecule has 128 valence electrons. The number of benzene rings is 1. The third-order valence-corrected chi connectivity index (χ3v) is 4.84. The molecular formula is C16H17ClN2O4S. The summed E-state index contributed by atoms with van der Waals surface area (Å²) in [7, 11) is 0. The minimum atomic E-state index is -0.134. The SMILES string of the molecule is Cc1noc(C)c1CSCC(=O)Nc1cc2c(cc1Cl)OCCO2. The molecule has 1 aliphatic rings. The van der Waals surface area contributed by atoms with Crippen molar-refractivity contribution < 1.29 is 18.8 Å². The summed E-state index contributed by atoms with van der Waals surface area (Å²) in [5.41, 5.74) is 2.41. The molecule has 0 aliphatic carbocycles. The van der Waals surface area contributed by atoms with Crippen molar-refractivity contribution in [1.82, 2.24) is 5.16 Å². The molecule has 3 rings (SSSR count). The summed E-state index contributed by atoms with van der Waals surface area (Å²) in [6.45, 7) is 4.73. The molecule has 2 aromatic rings. The Morgan fingerprint density at radius 1 is 1.29 bits per heavy atom. The van der Waals surface area contributed by atoms with Gasteiger partial charge in [0.25, 0.3) is 0 Å². The number of nitrogens with one attached hydrogen (secondary N) is 1. The first kappa shape index (κ1) is 17.0. The van der Waals surface area contributed by atoms with E-state index >= 15 is 0 Å². The topological polar surface area (TPSA) is 73.6 Å². The molecule has 6 nitrogen and oxygen atoms in total. The van der Waals surface area contributed by atoms with Crippen molar-refractivity contribution in [3.05, 3.63) is 34.2 Å². The lowest BCUT2D eigenvalue weighted by molar-refractivity contribution is -0.113. The predicted molar refractivity (Wildman–Crippen MR) is 93.2 cm³/mol. The molecule has 0 saturated heterocycles. The van der Waals surface area contributed by atoms with Gasteiger partial charge in [-0.15, -0.1) is 11.8 Å². The average Bonchev–Trinajstić information content (AvgIpc) is 2.87. The standard InChI is InChI=1S/C16H17ClN2O4S/c1-9-11(10(2)23-19-9)7-24-8-16(20)18-13-6-15-14(5-12(13)17)21-3-4-22-15/h5-6H,3-4,7-8H2,1-2H3,(H,18,20). The summed E-state index contributed by atoms with van der Waals surface area (Å²) >= 11 is 7.67. The zero-order valence-electron chi connectivity index (χ0n) is 13.3. The fourth-order valence-corrected chi connectivity index (χ4v) is 3.48. The summed E-state index contributed by atoms with van der Waals surface area (Å²) in [6.07, 6.45) is 0. The second-order valence-corrected chi connectivity index (χ2v) is 6.71. The lowest BCUT2D eigenvalue weighted by atomic mass is 10.2. The van der Waals surface area contributed by atoms with Crippen LogP contribution in [0.3, 0.4) is 0 Å². The van der Waals surface area contributed by atoms with Crippen LogP contribution in [0.2, 0.25) is 5.02 Å². The van der Waals surface area contributed by atoms with Gasteiger partial charge in [0.2, 0.25) is 5.91 Å². The summed E-state index contributed by atoms with van der Waals surface area (Å²) in [5, 5.41) is 7.13. The summed E-state index contributed by atoms with van der Waals surface area (Å²) < 4.78 is 16.1. The monoisotopic (exact) mass is 368 g/mol. The molecule has 0 bridgehead atoms. The molecule has 1 aliphatic heterocycles. The maximum Gasteiger partial charge on any atom is 0.234 e. The molecule has 0 saturated carbocycles.